The number of carbonyl (C=O) groups excluding carboxylic acids is 2. The summed E-state index contributed by atoms with van der Waals surface area (Å²) in [6.45, 7) is 1.96. The molecule has 0 atom stereocenters. The zero-order chi connectivity index (χ0) is 20.1. The van der Waals surface area contributed by atoms with Crippen LogP contribution in [-0.2, 0) is 0 Å². The fourth-order valence-corrected chi connectivity index (χ4v) is 2.86. The van der Waals surface area contributed by atoms with Gasteiger partial charge in [-0.1, -0.05) is 23.7 Å². The lowest BCUT2D eigenvalue weighted by Crippen LogP contribution is -2.14. The number of anilines is 2. The summed E-state index contributed by atoms with van der Waals surface area (Å²) in [5.41, 5.74) is 3.16. The van der Waals surface area contributed by atoms with Gasteiger partial charge in [0.15, 0.2) is 0 Å². The Kier molecular flexibility index (Phi) is 5.96. The Hall–Kier alpha value is -3.31. The molecule has 0 unspecified atom stereocenters. The molecule has 2 N–H and O–H groups in total. The molecule has 2 amide bonds. The molecule has 0 heterocycles. The molecule has 3 aromatic rings. The van der Waals surface area contributed by atoms with Crippen LogP contribution in [0.5, 0.6) is 5.75 Å². The molecule has 0 bridgehead atoms. The van der Waals surface area contributed by atoms with Gasteiger partial charge in [-0.3, -0.25) is 9.59 Å². The highest BCUT2D eigenvalue weighted by Gasteiger charge is 2.14. The predicted molar refractivity (Wildman–Crippen MR) is 112 cm³/mol. The fraction of sp³-hybridized carbons (Fsp3) is 0.0909. The number of nitrogens with one attached hydrogen (secondary N) is 2. The van der Waals surface area contributed by atoms with Crippen molar-refractivity contribution in [2.45, 2.75) is 6.92 Å². The lowest BCUT2D eigenvalue weighted by molar-refractivity contribution is 0.101. The predicted octanol–water partition coefficient (Wildman–Crippen LogP) is 5.16. The summed E-state index contributed by atoms with van der Waals surface area (Å²) in [6, 6.07) is 19.0. The summed E-state index contributed by atoms with van der Waals surface area (Å²) in [5.74, 6) is -0.146. The van der Waals surface area contributed by atoms with E-state index in [-0.39, 0.29) is 11.8 Å². The summed E-state index contributed by atoms with van der Waals surface area (Å²) in [7, 11) is 1.49. The smallest absolute Gasteiger partial charge is 0.259 e. The third-order valence-corrected chi connectivity index (χ3v) is 4.32. The molecule has 0 aliphatic rings. The van der Waals surface area contributed by atoms with E-state index in [0.29, 0.717) is 27.6 Å². The number of rotatable bonds is 5. The minimum Gasteiger partial charge on any atom is -0.496 e. The van der Waals surface area contributed by atoms with Gasteiger partial charge < -0.3 is 15.4 Å². The van der Waals surface area contributed by atoms with Crippen LogP contribution >= 0.6 is 11.6 Å². The molecule has 0 spiro atoms. The van der Waals surface area contributed by atoms with Crippen LogP contribution in [0.2, 0.25) is 5.02 Å². The van der Waals surface area contributed by atoms with Crippen molar-refractivity contribution in [1.29, 1.82) is 0 Å². The zero-order valence-electron chi connectivity index (χ0n) is 15.5. The van der Waals surface area contributed by atoms with Crippen LogP contribution in [0.3, 0.4) is 0 Å². The van der Waals surface area contributed by atoms with Crippen molar-refractivity contribution in [2.24, 2.45) is 0 Å². The average molecular weight is 395 g/mol. The first-order valence-corrected chi connectivity index (χ1v) is 8.97. The summed E-state index contributed by atoms with van der Waals surface area (Å²) in [5, 5.41) is 6.06. The average Bonchev–Trinajstić information content (AvgIpc) is 2.68. The highest BCUT2D eigenvalue weighted by Crippen LogP contribution is 2.24. The maximum absolute atomic E-state index is 12.5. The largest absolute Gasteiger partial charge is 0.496 e. The van der Waals surface area contributed by atoms with Crippen molar-refractivity contribution in [3.05, 3.63) is 88.4 Å². The van der Waals surface area contributed by atoms with Gasteiger partial charge in [0.1, 0.15) is 5.75 Å². The van der Waals surface area contributed by atoms with Crippen LogP contribution in [0.25, 0.3) is 0 Å². The molecular formula is C22H19ClN2O3. The Morgan fingerprint density at radius 2 is 1.57 bits per heavy atom. The van der Waals surface area contributed by atoms with E-state index in [9.17, 15) is 9.59 Å². The molecular weight excluding hydrogens is 376 g/mol. The Labute approximate surface area is 168 Å². The second kappa shape index (κ2) is 8.59. The van der Waals surface area contributed by atoms with Crippen LogP contribution in [0.1, 0.15) is 26.3 Å². The van der Waals surface area contributed by atoms with Gasteiger partial charge in [0, 0.05) is 22.0 Å². The minimum absolute atomic E-state index is 0.222. The fourth-order valence-electron chi connectivity index (χ4n) is 2.69. The van der Waals surface area contributed by atoms with Crippen molar-refractivity contribution >= 4 is 34.8 Å². The van der Waals surface area contributed by atoms with Gasteiger partial charge in [-0.15, -0.1) is 0 Å². The van der Waals surface area contributed by atoms with Crippen LogP contribution in [0, 0.1) is 6.92 Å². The molecule has 0 aliphatic carbocycles. The minimum atomic E-state index is -0.351. The van der Waals surface area contributed by atoms with Crippen molar-refractivity contribution in [3.63, 3.8) is 0 Å². The van der Waals surface area contributed by atoms with E-state index < -0.39 is 0 Å². The van der Waals surface area contributed by atoms with Crippen molar-refractivity contribution < 1.29 is 14.3 Å². The van der Waals surface area contributed by atoms with Crippen LogP contribution in [-0.4, -0.2) is 18.9 Å². The zero-order valence-corrected chi connectivity index (χ0v) is 16.2. The Morgan fingerprint density at radius 3 is 2.25 bits per heavy atom. The van der Waals surface area contributed by atoms with Gasteiger partial charge in [-0.2, -0.15) is 0 Å². The van der Waals surface area contributed by atoms with Crippen LogP contribution < -0.4 is 15.4 Å². The van der Waals surface area contributed by atoms with E-state index in [0.717, 1.165) is 11.3 Å². The molecule has 0 aliphatic heterocycles. The van der Waals surface area contributed by atoms with Crippen LogP contribution in [0.4, 0.5) is 11.4 Å². The van der Waals surface area contributed by atoms with E-state index in [1.54, 1.807) is 42.5 Å². The molecule has 0 saturated heterocycles. The molecule has 0 saturated carbocycles. The topological polar surface area (TPSA) is 67.4 Å². The molecule has 0 aromatic heterocycles. The highest BCUT2D eigenvalue weighted by molar-refractivity contribution is 6.31. The molecule has 28 heavy (non-hydrogen) atoms. The standard InChI is InChI=1S/C22H19ClN2O3/c1-14-4-3-5-18(12-14)25-21(26)15-6-9-17(10-7-15)24-22(27)19-13-16(23)8-11-20(19)28-2/h3-13H,1-2H3,(H,24,27)(H,25,26). The number of amides is 2. The van der Waals surface area contributed by atoms with Crippen molar-refractivity contribution in [1.82, 2.24) is 0 Å². The Balaban J connectivity index is 1.70. The number of benzene rings is 3. The molecule has 142 valence electrons. The van der Waals surface area contributed by atoms with Gasteiger partial charge in [-0.05, 0) is 67.1 Å². The normalized spacial score (nSPS) is 10.2. The number of hydrogen-bond donors (Lipinski definition) is 2. The third kappa shape index (κ3) is 4.69. The van der Waals surface area contributed by atoms with Gasteiger partial charge in [0.25, 0.3) is 11.8 Å². The van der Waals surface area contributed by atoms with E-state index in [1.165, 1.54) is 7.11 Å². The molecule has 3 aromatic carbocycles. The second-order valence-corrected chi connectivity index (χ2v) is 6.64. The maximum Gasteiger partial charge on any atom is 0.259 e. The quantitative estimate of drug-likeness (QED) is 0.628. The summed E-state index contributed by atoms with van der Waals surface area (Å²) in [4.78, 5) is 24.9. The van der Waals surface area contributed by atoms with E-state index >= 15 is 0 Å². The molecule has 0 fully saturated rings. The molecule has 3 rings (SSSR count). The number of ether oxygens (including phenoxy) is 1. The van der Waals surface area contributed by atoms with Gasteiger partial charge in [0.05, 0.1) is 12.7 Å². The number of aryl methyl sites for hydroxylation is 1. The van der Waals surface area contributed by atoms with E-state index in [4.69, 9.17) is 16.3 Å². The molecule has 6 heteroatoms. The van der Waals surface area contributed by atoms with Crippen LogP contribution in [0.15, 0.2) is 66.7 Å². The monoisotopic (exact) mass is 394 g/mol. The maximum atomic E-state index is 12.5. The van der Waals surface area contributed by atoms with E-state index in [2.05, 4.69) is 10.6 Å². The first kappa shape index (κ1) is 19.5. The third-order valence-electron chi connectivity index (χ3n) is 4.09. The second-order valence-electron chi connectivity index (χ2n) is 6.20. The SMILES string of the molecule is COc1ccc(Cl)cc1C(=O)Nc1ccc(C(=O)Nc2cccc(C)c2)cc1. The summed E-state index contributed by atoms with van der Waals surface area (Å²) in [6.07, 6.45) is 0. The highest BCUT2D eigenvalue weighted by atomic mass is 35.5. The van der Waals surface area contributed by atoms with Crippen molar-refractivity contribution in [2.75, 3.05) is 17.7 Å². The number of methoxy groups -OCH3 is 1. The Bertz CT molecular complexity index is 1020. The first-order chi connectivity index (χ1) is 13.5. The van der Waals surface area contributed by atoms with Gasteiger partial charge in [0.2, 0.25) is 0 Å². The lowest BCUT2D eigenvalue weighted by Gasteiger charge is -2.10. The summed E-state index contributed by atoms with van der Waals surface area (Å²) < 4.78 is 5.20. The summed E-state index contributed by atoms with van der Waals surface area (Å²) >= 11 is 5.97. The molecule has 0 radical (unpaired) electrons. The first-order valence-electron chi connectivity index (χ1n) is 8.59. The van der Waals surface area contributed by atoms with Crippen molar-refractivity contribution in [3.8, 4) is 5.75 Å². The number of hydrogen-bond acceptors (Lipinski definition) is 3. The molecule has 5 nitrogen and oxygen atoms in total. The van der Waals surface area contributed by atoms with E-state index in [1.807, 2.05) is 31.2 Å². The lowest BCUT2D eigenvalue weighted by atomic mass is 10.1. The number of carbonyl (C=O) groups is 2. The van der Waals surface area contributed by atoms with Gasteiger partial charge in [-0.25, -0.2) is 0 Å². The van der Waals surface area contributed by atoms with Gasteiger partial charge >= 0.3 is 0 Å². The number of halogens is 1. The Morgan fingerprint density at radius 1 is 0.857 bits per heavy atom.